The van der Waals surface area contributed by atoms with Gasteiger partial charge in [-0.2, -0.15) is 0 Å². The quantitative estimate of drug-likeness (QED) is 0.831. The molecule has 0 aliphatic carbocycles. The van der Waals surface area contributed by atoms with E-state index in [0.29, 0.717) is 26.1 Å². The topological polar surface area (TPSA) is 74.3 Å². The third-order valence-corrected chi connectivity index (χ3v) is 4.66. The van der Waals surface area contributed by atoms with Gasteiger partial charge in [0.15, 0.2) is 0 Å². The number of hydrogen-bond donors (Lipinski definition) is 2. The number of benzene rings is 1. The van der Waals surface area contributed by atoms with E-state index in [1.54, 1.807) is 23.4 Å². The van der Waals surface area contributed by atoms with Crippen molar-refractivity contribution in [2.24, 2.45) is 5.92 Å². The molecule has 6 nitrogen and oxygen atoms in total. The van der Waals surface area contributed by atoms with E-state index in [1.807, 2.05) is 26.0 Å². The number of hydrogen-bond acceptors (Lipinski definition) is 4. The molecule has 2 aromatic rings. The van der Waals surface area contributed by atoms with Crippen LogP contribution in [0.1, 0.15) is 42.2 Å². The molecule has 1 aliphatic heterocycles. The Hall–Kier alpha value is -2.80. The third-order valence-electron chi connectivity index (χ3n) is 4.66. The summed E-state index contributed by atoms with van der Waals surface area (Å²) >= 11 is 0. The monoisotopic (exact) mass is 384 g/mol. The van der Waals surface area contributed by atoms with Gasteiger partial charge in [-0.1, -0.05) is 19.9 Å². The van der Waals surface area contributed by atoms with Crippen molar-refractivity contribution >= 4 is 17.5 Å². The molecule has 1 aliphatic rings. The van der Waals surface area contributed by atoms with Crippen LogP contribution in [0.4, 0.5) is 10.1 Å². The Morgan fingerprint density at radius 3 is 2.86 bits per heavy atom. The molecule has 0 saturated carbocycles. The fraction of sp³-hybridized carbons (Fsp3) is 0.381. The molecule has 1 atom stereocenters. The Morgan fingerprint density at radius 2 is 2.18 bits per heavy atom. The number of nitrogens with one attached hydrogen (secondary N) is 2. The van der Waals surface area contributed by atoms with E-state index in [2.05, 4.69) is 15.6 Å². The number of carbonyl (C=O) groups excluding carboxylic acids is 2. The molecule has 3 rings (SSSR count). The summed E-state index contributed by atoms with van der Waals surface area (Å²) in [5.41, 5.74) is 1.28. The van der Waals surface area contributed by atoms with Gasteiger partial charge in [-0.05, 0) is 35.7 Å². The van der Waals surface area contributed by atoms with Crippen LogP contribution < -0.4 is 10.6 Å². The number of carbonyl (C=O) groups is 2. The number of aromatic nitrogens is 1. The molecule has 1 saturated heterocycles. The highest BCUT2D eigenvalue weighted by atomic mass is 19.1. The molecule has 0 radical (unpaired) electrons. The van der Waals surface area contributed by atoms with Gasteiger partial charge in [0.25, 0.3) is 5.91 Å². The number of pyridine rings is 1. The van der Waals surface area contributed by atoms with Gasteiger partial charge < -0.3 is 15.5 Å². The maximum Gasteiger partial charge on any atom is 0.254 e. The van der Waals surface area contributed by atoms with E-state index in [1.165, 1.54) is 12.1 Å². The summed E-state index contributed by atoms with van der Waals surface area (Å²) in [6, 6.07) is 7.79. The van der Waals surface area contributed by atoms with Gasteiger partial charge in [0.2, 0.25) is 5.91 Å². The summed E-state index contributed by atoms with van der Waals surface area (Å²) < 4.78 is 14.5. The summed E-state index contributed by atoms with van der Waals surface area (Å²) in [6.45, 7) is 5.65. The van der Waals surface area contributed by atoms with Gasteiger partial charge in [0, 0.05) is 44.0 Å². The molecule has 0 bridgehead atoms. The number of rotatable bonds is 5. The Morgan fingerprint density at radius 1 is 1.36 bits per heavy atom. The zero-order valence-corrected chi connectivity index (χ0v) is 16.1. The first-order valence-electron chi connectivity index (χ1n) is 9.46. The Labute approximate surface area is 164 Å². The van der Waals surface area contributed by atoms with Gasteiger partial charge in [-0.25, -0.2) is 4.39 Å². The van der Waals surface area contributed by atoms with Crippen molar-refractivity contribution < 1.29 is 14.0 Å². The first-order chi connectivity index (χ1) is 13.5. The minimum absolute atomic E-state index is 0.0892. The molecule has 2 amide bonds. The lowest BCUT2D eigenvalue weighted by Gasteiger charge is -2.36. The highest BCUT2D eigenvalue weighted by molar-refractivity contribution is 5.96. The molecule has 148 valence electrons. The normalized spacial score (nSPS) is 16.9. The summed E-state index contributed by atoms with van der Waals surface area (Å²) in [6.07, 6.45) is 3.74. The molecular weight excluding hydrogens is 359 g/mol. The highest BCUT2D eigenvalue weighted by Gasteiger charge is 2.29. The number of anilines is 1. The first-order valence-corrected chi connectivity index (χ1v) is 9.46. The second kappa shape index (κ2) is 8.93. The molecule has 1 aromatic carbocycles. The zero-order valence-electron chi connectivity index (χ0n) is 16.1. The van der Waals surface area contributed by atoms with Gasteiger partial charge in [0.1, 0.15) is 5.82 Å². The predicted molar refractivity (Wildman–Crippen MR) is 105 cm³/mol. The summed E-state index contributed by atoms with van der Waals surface area (Å²) in [5.74, 6) is -0.918. The number of nitrogens with zero attached hydrogens (tertiary/aromatic N) is 2. The maximum absolute atomic E-state index is 14.5. The average molecular weight is 384 g/mol. The molecule has 1 unspecified atom stereocenters. The van der Waals surface area contributed by atoms with Crippen molar-refractivity contribution in [3.63, 3.8) is 0 Å². The number of amides is 2. The maximum atomic E-state index is 14.5. The lowest BCUT2D eigenvalue weighted by molar-refractivity contribution is -0.116. The van der Waals surface area contributed by atoms with Crippen LogP contribution in [0.2, 0.25) is 0 Å². The molecule has 2 heterocycles. The van der Waals surface area contributed by atoms with Crippen LogP contribution in [0.5, 0.6) is 0 Å². The van der Waals surface area contributed by atoms with E-state index in [-0.39, 0.29) is 35.0 Å². The standard InChI is InChI=1S/C21H25FN4O2/c1-14(2)10-20(27)25-18-6-5-15(11-17(18)22)21(28)26-9-8-24-13-19(26)16-4-3-7-23-12-16/h3-7,11-12,14,19,24H,8-10,13H2,1-2H3,(H,25,27). The van der Waals surface area contributed by atoms with Crippen molar-refractivity contribution in [1.82, 2.24) is 15.2 Å². The average Bonchev–Trinajstić information content (AvgIpc) is 2.69. The Balaban J connectivity index is 1.77. The molecule has 7 heteroatoms. The summed E-state index contributed by atoms with van der Waals surface area (Å²) in [4.78, 5) is 30.8. The molecule has 28 heavy (non-hydrogen) atoms. The fourth-order valence-electron chi connectivity index (χ4n) is 3.31. The fourth-order valence-corrected chi connectivity index (χ4v) is 3.31. The molecule has 2 N–H and O–H groups in total. The predicted octanol–water partition coefficient (Wildman–Crippen LogP) is 2.99. The lowest BCUT2D eigenvalue weighted by Crippen LogP contribution is -2.48. The Bertz CT molecular complexity index is 842. The van der Waals surface area contributed by atoms with Crippen molar-refractivity contribution in [2.75, 3.05) is 25.0 Å². The minimum Gasteiger partial charge on any atom is -0.329 e. The Kier molecular flexibility index (Phi) is 6.36. The van der Waals surface area contributed by atoms with Crippen LogP contribution in [0, 0.1) is 11.7 Å². The minimum atomic E-state index is -0.615. The zero-order chi connectivity index (χ0) is 20.1. The third kappa shape index (κ3) is 4.72. The van der Waals surface area contributed by atoms with Crippen LogP contribution in [0.3, 0.4) is 0 Å². The van der Waals surface area contributed by atoms with Crippen molar-refractivity contribution in [2.45, 2.75) is 26.3 Å². The molecular formula is C21H25FN4O2. The van der Waals surface area contributed by atoms with Crippen LogP contribution in [-0.2, 0) is 4.79 Å². The summed E-state index contributed by atoms with van der Waals surface area (Å²) in [5, 5.41) is 5.85. The van der Waals surface area contributed by atoms with Crippen LogP contribution in [-0.4, -0.2) is 41.3 Å². The SMILES string of the molecule is CC(C)CC(=O)Nc1ccc(C(=O)N2CCNCC2c2cccnc2)cc1F. The van der Waals surface area contributed by atoms with Gasteiger partial charge >= 0.3 is 0 Å². The molecule has 1 fully saturated rings. The van der Waals surface area contributed by atoms with E-state index in [4.69, 9.17) is 0 Å². The van der Waals surface area contributed by atoms with Crippen LogP contribution in [0.25, 0.3) is 0 Å². The smallest absolute Gasteiger partial charge is 0.254 e. The van der Waals surface area contributed by atoms with E-state index >= 15 is 0 Å². The first kappa shape index (κ1) is 19.9. The molecule has 0 spiro atoms. The van der Waals surface area contributed by atoms with Gasteiger partial charge in [-0.3, -0.25) is 14.6 Å². The van der Waals surface area contributed by atoms with Gasteiger partial charge in [-0.15, -0.1) is 0 Å². The van der Waals surface area contributed by atoms with E-state index in [0.717, 1.165) is 5.56 Å². The van der Waals surface area contributed by atoms with Crippen molar-refractivity contribution in [3.8, 4) is 0 Å². The summed E-state index contributed by atoms with van der Waals surface area (Å²) in [7, 11) is 0. The largest absolute Gasteiger partial charge is 0.329 e. The van der Waals surface area contributed by atoms with Crippen LogP contribution >= 0.6 is 0 Å². The van der Waals surface area contributed by atoms with E-state index < -0.39 is 5.82 Å². The van der Waals surface area contributed by atoms with Crippen LogP contribution in [0.15, 0.2) is 42.7 Å². The van der Waals surface area contributed by atoms with Gasteiger partial charge in [0.05, 0.1) is 11.7 Å². The van der Waals surface area contributed by atoms with Crippen molar-refractivity contribution in [3.05, 3.63) is 59.7 Å². The second-order valence-electron chi connectivity index (χ2n) is 7.35. The lowest BCUT2D eigenvalue weighted by atomic mass is 10.0. The molecule has 1 aromatic heterocycles. The van der Waals surface area contributed by atoms with E-state index in [9.17, 15) is 14.0 Å². The highest BCUT2D eigenvalue weighted by Crippen LogP contribution is 2.25. The van der Waals surface area contributed by atoms with Crippen molar-refractivity contribution in [1.29, 1.82) is 0 Å². The number of halogens is 1. The number of piperazine rings is 1. The second-order valence-corrected chi connectivity index (χ2v) is 7.35.